The molecule has 1 aromatic rings. The Labute approximate surface area is 133 Å². The Kier molecular flexibility index (Phi) is 5.35. The van der Waals surface area contributed by atoms with Crippen LogP contribution < -0.4 is 9.50 Å². The normalized spacial score (nSPS) is 13.0. The van der Waals surface area contributed by atoms with Gasteiger partial charge >= 0.3 is 15.6 Å². The van der Waals surface area contributed by atoms with E-state index in [9.17, 15) is 26.4 Å². The number of benzene rings is 1. The number of carbonyl (C=O) groups is 1. The van der Waals surface area contributed by atoms with Gasteiger partial charge < -0.3 is 9.50 Å². The summed E-state index contributed by atoms with van der Waals surface area (Å²) in [6.07, 6.45) is 0. The van der Waals surface area contributed by atoms with Gasteiger partial charge in [-0.05, 0) is 45.4 Å². The summed E-state index contributed by atoms with van der Waals surface area (Å²) in [5, 5.41) is 2.74. The highest BCUT2D eigenvalue weighted by atomic mass is 32.2. The molecule has 0 heterocycles. The largest absolute Gasteiger partial charge is 0.534 e. The van der Waals surface area contributed by atoms with Crippen LogP contribution in [0.25, 0.3) is 0 Å². The number of hydrogen-bond acceptors (Lipinski definition) is 4. The molecule has 0 spiro atoms. The lowest BCUT2D eigenvalue weighted by Gasteiger charge is -2.25. The summed E-state index contributed by atoms with van der Waals surface area (Å²) >= 11 is 0. The first kappa shape index (κ1) is 19.3. The van der Waals surface area contributed by atoms with Gasteiger partial charge in [0.05, 0.1) is 5.41 Å². The van der Waals surface area contributed by atoms with Crippen LogP contribution in [0.15, 0.2) is 24.3 Å². The minimum Gasteiger partial charge on any atom is -0.376 e. The van der Waals surface area contributed by atoms with Gasteiger partial charge in [0.15, 0.2) is 0 Å². The smallest absolute Gasteiger partial charge is 0.376 e. The molecular weight excluding hydrogens is 335 g/mol. The molecule has 5 nitrogen and oxygen atoms in total. The van der Waals surface area contributed by atoms with Gasteiger partial charge in [0.25, 0.3) is 0 Å². The minimum atomic E-state index is -5.71. The molecule has 23 heavy (non-hydrogen) atoms. The molecule has 0 aliphatic carbocycles. The van der Waals surface area contributed by atoms with Crippen molar-refractivity contribution >= 4 is 16.0 Å². The molecule has 0 aromatic heterocycles. The van der Waals surface area contributed by atoms with Gasteiger partial charge in [-0.25, -0.2) is 0 Å². The van der Waals surface area contributed by atoms with Crippen molar-refractivity contribution in [2.24, 2.45) is 0 Å². The third-order valence-corrected chi connectivity index (χ3v) is 4.03. The molecule has 0 aliphatic heterocycles. The van der Waals surface area contributed by atoms with E-state index in [1.54, 1.807) is 27.7 Å². The van der Waals surface area contributed by atoms with Crippen molar-refractivity contribution in [1.82, 2.24) is 5.32 Å². The van der Waals surface area contributed by atoms with Gasteiger partial charge in [0.1, 0.15) is 5.75 Å². The summed E-state index contributed by atoms with van der Waals surface area (Å²) in [6, 6.07) is 4.77. The SMILES string of the molecule is CC(C)NC(=O)C(C)(C)c1ccc(OS(=O)(=O)C(F)(F)F)cc1. The number of alkyl halides is 3. The first-order valence-electron chi connectivity index (χ1n) is 6.69. The van der Waals surface area contributed by atoms with Crippen molar-refractivity contribution in [3.05, 3.63) is 29.8 Å². The Morgan fingerprint density at radius 3 is 2.00 bits per heavy atom. The maximum absolute atomic E-state index is 12.2. The number of carbonyl (C=O) groups excluding carboxylic acids is 1. The summed E-state index contributed by atoms with van der Waals surface area (Å²) < 4.78 is 62.6. The maximum Gasteiger partial charge on any atom is 0.534 e. The summed E-state index contributed by atoms with van der Waals surface area (Å²) in [5.74, 6) is -0.741. The van der Waals surface area contributed by atoms with Gasteiger partial charge in [-0.2, -0.15) is 21.6 Å². The van der Waals surface area contributed by atoms with Crippen molar-refractivity contribution in [3.63, 3.8) is 0 Å². The monoisotopic (exact) mass is 353 g/mol. The van der Waals surface area contributed by atoms with Gasteiger partial charge in [-0.1, -0.05) is 12.1 Å². The van der Waals surface area contributed by atoms with Gasteiger partial charge in [-0.3, -0.25) is 4.79 Å². The predicted octanol–water partition coefficient (Wildman–Crippen LogP) is 2.72. The highest BCUT2D eigenvalue weighted by Gasteiger charge is 2.48. The van der Waals surface area contributed by atoms with Crippen LogP contribution in [0.3, 0.4) is 0 Å². The van der Waals surface area contributed by atoms with E-state index in [2.05, 4.69) is 9.50 Å². The molecular formula is C14H18F3NO4S. The van der Waals surface area contributed by atoms with E-state index < -0.39 is 26.8 Å². The van der Waals surface area contributed by atoms with Crippen LogP contribution in [0.1, 0.15) is 33.3 Å². The molecule has 0 atom stereocenters. The second-order valence-electron chi connectivity index (χ2n) is 5.76. The number of hydrogen-bond donors (Lipinski definition) is 1. The third-order valence-electron chi connectivity index (χ3n) is 3.05. The molecule has 1 amide bonds. The number of halogens is 3. The quantitative estimate of drug-likeness (QED) is 0.653. The zero-order valence-electron chi connectivity index (χ0n) is 13.1. The number of nitrogens with one attached hydrogen (secondary N) is 1. The second kappa shape index (κ2) is 6.38. The Morgan fingerprint density at radius 1 is 1.13 bits per heavy atom. The molecule has 0 bridgehead atoms. The fourth-order valence-electron chi connectivity index (χ4n) is 1.67. The van der Waals surface area contributed by atoms with Crippen LogP contribution in [0.4, 0.5) is 13.2 Å². The zero-order chi connectivity index (χ0) is 18.1. The molecule has 1 aromatic carbocycles. The Bertz CT molecular complexity index is 664. The lowest BCUT2D eigenvalue weighted by molar-refractivity contribution is -0.126. The molecule has 0 unspecified atom stereocenters. The summed E-state index contributed by atoms with van der Waals surface area (Å²) in [6.45, 7) is 6.89. The van der Waals surface area contributed by atoms with E-state index in [1.165, 1.54) is 12.1 Å². The van der Waals surface area contributed by atoms with Gasteiger partial charge in [-0.15, -0.1) is 0 Å². The first-order chi connectivity index (χ1) is 10.3. The van der Waals surface area contributed by atoms with Crippen molar-refractivity contribution in [2.45, 2.75) is 44.7 Å². The van der Waals surface area contributed by atoms with E-state index in [0.29, 0.717) is 5.56 Å². The van der Waals surface area contributed by atoms with Crippen LogP contribution >= 0.6 is 0 Å². The molecule has 1 N–H and O–H groups in total. The number of rotatable bonds is 5. The van der Waals surface area contributed by atoms with E-state index in [1.807, 2.05) is 0 Å². The summed E-state index contributed by atoms with van der Waals surface area (Å²) in [7, 11) is -5.71. The average Bonchev–Trinajstić information content (AvgIpc) is 2.36. The van der Waals surface area contributed by atoms with Crippen LogP contribution in [-0.2, 0) is 20.3 Å². The molecule has 1 rings (SSSR count). The van der Waals surface area contributed by atoms with Gasteiger partial charge in [0.2, 0.25) is 5.91 Å². The highest BCUT2D eigenvalue weighted by molar-refractivity contribution is 7.87. The van der Waals surface area contributed by atoms with Crippen LogP contribution in [0, 0.1) is 0 Å². The minimum absolute atomic E-state index is 0.0682. The fourth-order valence-corrected chi connectivity index (χ4v) is 2.13. The van der Waals surface area contributed by atoms with Crippen molar-refractivity contribution in [2.75, 3.05) is 0 Å². The van der Waals surface area contributed by atoms with Gasteiger partial charge in [0, 0.05) is 6.04 Å². The lowest BCUT2D eigenvalue weighted by atomic mass is 9.83. The Morgan fingerprint density at radius 2 is 1.61 bits per heavy atom. The molecule has 130 valence electrons. The van der Waals surface area contributed by atoms with Crippen molar-refractivity contribution in [1.29, 1.82) is 0 Å². The first-order valence-corrected chi connectivity index (χ1v) is 8.10. The zero-order valence-corrected chi connectivity index (χ0v) is 13.9. The van der Waals surface area contributed by atoms with Crippen LogP contribution in [-0.4, -0.2) is 25.9 Å². The maximum atomic E-state index is 12.2. The molecule has 0 saturated heterocycles. The van der Waals surface area contributed by atoms with E-state index in [4.69, 9.17) is 0 Å². The molecule has 0 saturated carbocycles. The highest BCUT2D eigenvalue weighted by Crippen LogP contribution is 2.29. The standard InChI is InChI=1S/C14H18F3NO4S/c1-9(2)18-12(19)13(3,4)10-5-7-11(8-6-10)22-23(20,21)14(15,16)17/h5-9H,1-4H3,(H,18,19). The third kappa shape index (κ3) is 4.60. The molecule has 0 fully saturated rings. The van der Waals surface area contributed by atoms with E-state index in [0.717, 1.165) is 12.1 Å². The predicted molar refractivity (Wildman–Crippen MR) is 78.3 cm³/mol. The molecule has 0 aliphatic rings. The number of amides is 1. The fraction of sp³-hybridized carbons (Fsp3) is 0.500. The van der Waals surface area contributed by atoms with E-state index in [-0.39, 0.29) is 11.9 Å². The van der Waals surface area contributed by atoms with Crippen molar-refractivity contribution in [3.8, 4) is 5.75 Å². The summed E-state index contributed by atoms with van der Waals surface area (Å²) in [5.41, 5.74) is -5.93. The topological polar surface area (TPSA) is 72.5 Å². The second-order valence-corrected chi connectivity index (χ2v) is 7.30. The average molecular weight is 353 g/mol. The van der Waals surface area contributed by atoms with E-state index >= 15 is 0 Å². The molecule has 9 heteroatoms. The summed E-state index contributed by atoms with van der Waals surface area (Å²) in [4.78, 5) is 12.1. The molecule has 0 radical (unpaired) electrons. The lowest BCUT2D eigenvalue weighted by Crippen LogP contribution is -2.43. The van der Waals surface area contributed by atoms with Crippen LogP contribution in [0.2, 0.25) is 0 Å². The van der Waals surface area contributed by atoms with Crippen molar-refractivity contribution < 1.29 is 30.6 Å². The van der Waals surface area contributed by atoms with Crippen LogP contribution in [0.5, 0.6) is 5.75 Å². The Balaban J connectivity index is 2.99. The Hall–Kier alpha value is -1.77.